The second-order valence-corrected chi connectivity index (χ2v) is 8.52. The van der Waals surface area contributed by atoms with E-state index in [4.69, 9.17) is 0 Å². The van der Waals surface area contributed by atoms with Crippen LogP contribution in [0.3, 0.4) is 0 Å². The Hall–Kier alpha value is -2.07. The molecule has 1 N–H and O–H groups in total. The van der Waals surface area contributed by atoms with Crippen molar-refractivity contribution in [2.24, 2.45) is 0 Å². The number of amides is 2. The SMILES string of the molecule is CCCCNC(=O)CN1CCN(C(=O)c2ccc(S(=O)(=O)C(F)F)cc2)CC1. The molecule has 1 fully saturated rings. The fraction of sp³-hybridized carbons (Fsp3) is 0.556. The lowest BCUT2D eigenvalue weighted by Crippen LogP contribution is -2.51. The van der Waals surface area contributed by atoms with Gasteiger partial charge in [-0.05, 0) is 30.7 Å². The monoisotopic (exact) mass is 417 g/mol. The first-order chi connectivity index (χ1) is 13.3. The van der Waals surface area contributed by atoms with Crippen LogP contribution < -0.4 is 5.32 Å². The molecule has 28 heavy (non-hydrogen) atoms. The highest BCUT2D eigenvalue weighted by atomic mass is 32.2. The molecule has 0 spiro atoms. The van der Waals surface area contributed by atoms with Gasteiger partial charge in [0.25, 0.3) is 5.91 Å². The first kappa shape index (κ1) is 22.2. The third-order valence-corrected chi connectivity index (χ3v) is 5.94. The van der Waals surface area contributed by atoms with Crippen LogP contribution in [0.25, 0.3) is 0 Å². The first-order valence-corrected chi connectivity index (χ1v) is 10.7. The van der Waals surface area contributed by atoms with Gasteiger partial charge >= 0.3 is 5.76 Å². The second-order valence-electron chi connectivity index (χ2n) is 6.60. The Kier molecular flexibility index (Phi) is 7.88. The molecule has 1 aromatic rings. The van der Waals surface area contributed by atoms with Gasteiger partial charge in [-0.15, -0.1) is 0 Å². The summed E-state index contributed by atoms with van der Waals surface area (Å²) < 4.78 is 48.0. The number of hydrogen-bond acceptors (Lipinski definition) is 5. The number of nitrogens with one attached hydrogen (secondary N) is 1. The minimum Gasteiger partial charge on any atom is -0.355 e. The molecule has 1 aromatic carbocycles. The molecule has 7 nitrogen and oxygen atoms in total. The summed E-state index contributed by atoms with van der Waals surface area (Å²) in [6.07, 6.45) is 1.95. The van der Waals surface area contributed by atoms with E-state index in [1.165, 1.54) is 12.1 Å². The molecule has 0 unspecified atom stereocenters. The standard InChI is InChI=1S/C18H25F2N3O4S/c1-2-3-8-21-16(24)13-22-9-11-23(12-10-22)17(25)14-4-6-15(7-5-14)28(26,27)18(19)20/h4-7,18H,2-3,8-13H2,1H3,(H,21,24). The molecule has 0 radical (unpaired) electrons. The molecule has 0 aliphatic carbocycles. The highest BCUT2D eigenvalue weighted by Gasteiger charge is 2.27. The van der Waals surface area contributed by atoms with Gasteiger partial charge in [0, 0.05) is 38.3 Å². The van der Waals surface area contributed by atoms with E-state index in [1.54, 1.807) is 4.90 Å². The minimum atomic E-state index is -4.67. The normalized spacial score (nSPS) is 15.6. The van der Waals surface area contributed by atoms with Gasteiger partial charge in [-0.25, -0.2) is 8.42 Å². The molecule has 0 aromatic heterocycles. The van der Waals surface area contributed by atoms with E-state index < -0.39 is 20.5 Å². The van der Waals surface area contributed by atoms with E-state index >= 15 is 0 Å². The van der Waals surface area contributed by atoms with Gasteiger partial charge in [0.2, 0.25) is 15.7 Å². The summed E-state index contributed by atoms with van der Waals surface area (Å²) in [4.78, 5) is 27.4. The molecule has 0 saturated carbocycles. The van der Waals surface area contributed by atoms with Gasteiger partial charge in [0.15, 0.2) is 0 Å². The highest BCUT2D eigenvalue weighted by molar-refractivity contribution is 7.91. The van der Waals surface area contributed by atoms with E-state index in [-0.39, 0.29) is 23.9 Å². The zero-order valence-electron chi connectivity index (χ0n) is 15.7. The Morgan fingerprint density at radius 1 is 1.11 bits per heavy atom. The second kappa shape index (κ2) is 9.92. The van der Waals surface area contributed by atoms with Crippen molar-refractivity contribution in [2.75, 3.05) is 39.3 Å². The zero-order valence-corrected chi connectivity index (χ0v) is 16.6. The maximum atomic E-state index is 12.6. The van der Waals surface area contributed by atoms with Crippen LogP contribution in [0.5, 0.6) is 0 Å². The van der Waals surface area contributed by atoms with Crippen LogP contribution in [0.2, 0.25) is 0 Å². The Labute approximate surface area is 163 Å². The summed E-state index contributed by atoms with van der Waals surface area (Å²) in [5, 5.41) is 2.85. The van der Waals surface area contributed by atoms with Crippen molar-refractivity contribution >= 4 is 21.7 Å². The molecule has 2 rings (SSSR count). The number of rotatable bonds is 8. The van der Waals surface area contributed by atoms with Crippen LogP contribution in [-0.2, 0) is 14.6 Å². The molecule has 156 valence electrons. The lowest BCUT2D eigenvalue weighted by atomic mass is 10.2. The quantitative estimate of drug-likeness (QED) is 0.646. The van der Waals surface area contributed by atoms with Crippen molar-refractivity contribution in [3.63, 3.8) is 0 Å². The average molecular weight is 417 g/mol. The third kappa shape index (κ3) is 5.71. The van der Waals surface area contributed by atoms with Crippen molar-refractivity contribution in [2.45, 2.75) is 30.4 Å². The Morgan fingerprint density at radius 3 is 2.25 bits per heavy atom. The molecular weight excluding hydrogens is 392 g/mol. The van der Waals surface area contributed by atoms with Crippen LogP contribution in [0.4, 0.5) is 8.78 Å². The molecule has 0 bridgehead atoms. The van der Waals surface area contributed by atoms with Crippen molar-refractivity contribution in [3.8, 4) is 0 Å². The van der Waals surface area contributed by atoms with Gasteiger partial charge < -0.3 is 10.2 Å². The predicted octanol–water partition coefficient (Wildman–Crippen LogP) is 1.36. The maximum Gasteiger partial charge on any atom is 0.341 e. The maximum absolute atomic E-state index is 12.6. The molecule has 2 amide bonds. The van der Waals surface area contributed by atoms with E-state index in [1.807, 2.05) is 11.8 Å². The number of sulfone groups is 1. The van der Waals surface area contributed by atoms with Gasteiger partial charge in [-0.3, -0.25) is 14.5 Å². The number of unbranched alkanes of at least 4 members (excludes halogenated alkanes) is 1. The van der Waals surface area contributed by atoms with Crippen LogP contribution in [0.15, 0.2) is 29.2 Å². The summed E-state index contributed by atoms with van der Waals surface area (Å²) in [5.74, 6) is -3.83. The Bertz CT molecular complexity index is 777. The molecule has 1 aliphatic heterocycles. The van der Waals surface area contributed by atoms with Gasteiger partial charge in [-0.1, -0.05) is 13.3 Å². The Balaban J connectivity index is 1.87. The van der Waals surface area contributed by atoms with Crippen molar-refractivity contribution in [1.82, 2.24) is 15.1 Å². The molecule has 0 atom stereocenters. The third-order valence-electron chi connectivity index (χ3n) is 4.54. The number of hydrogen-bond donors (Lipinski definition) is 1. The minimum absolute atomic E-state index is 0.0379. The lowest BCUT2D eigenvalue weighted by molar-refractivity contribution is -0.122. The smallest absolute Gasteiger partial charge is 0.341 e. The van der Waals surface area contributed by atoms with Crippen molar-refractivity contribution in [1.29, 1.82) is 0 Å². The number of carbonyl (C=O) groups excluding carboxylic acids is 2. The van der Waals surface area contributed by atoms with Crippen LogP contribution in [0, 0.1) is 0 Å². The Morgan fingerprint density at radius 2 is 1.71 bits per heavy atom. The molecular formula is C18H25F2N3O4S. The number of nitrogens with zero attached hydrogens (tertiary/aromatic N) is 2. The summed E-state index contributed by atoms with van der Waals surface area (Å²) in [6.45, 7) is 4.94. The van der Waals surface area contributed by atoms with Crippen LogP contribution in [-0.4, -0.2) is 75.1 Å². The largest absolute Gasteiger partial charge is 0.355 e. The molecule has 10 heteroatoms. The lowest BCUT2D eigenvalue weighted by Gasteiger charge is -2.34. The van der Waals surface area contributed by atoms with Crippen molar-refractivity contribution in [3.05, 3.63) is 29.8 Å². The predicted molar refractivity (Wildman–Crippen MR) is 99.9 cm³/mol. The fourth-order valence-corrected chi connectivity index (χ4v) is 3.57. The van der Waals surface area contributed by atoms with E-state index in [9.17, 15) is 26.8 Å². The fourth-order valence-electron chi connectivity index (χ4n) is 2.85. The highest BCUT2D eigenvalue weighted by Crippen LogP contribution is 2.19. The number of benzene rings is 1. The van der Waals surface area contributed by atoms with Gasteiger partial charge in [0.05, 0.1) is 11.4 Å². The zero-order chi connectivity index (χ0) is 20.7. The summed E-state index contributed by atoms with van der Waals surface area (Å²) >= 11 is 0. The summed E-state index contributed by atoms with van der Waals surface area (Å²) in [5.41, 5.74) is 0.235. The van der Waals surface area contributed by atoms with E-state index in [0.717, 1.165) is 25.0 Å². The van der Waals surface area contributed by atoms with E-state index in [2.05, 4.69) is 5.32 Å². The molecule has 1 aliphatic rings. The topological polar surface area (TPSA) is 86.8 Å². The number of halogens is 2. The van der Waals surface area contributed by atoms with E-state index in [0.29, 0.717) is 32.7 Å². The van der Waals surface area contributed by atoms with Crippen LogP contribution >= 0.6 is 0 Å². The number of alkyl halides is 2. The number of piperazine rings is 1. The van der Waals surface area contributed by atoms with Gasteiger partial charge in [0.1, 0.15) is 0 Å². The summed E-state index contributed by atoms with van der Waals surface area (Å²) in [7, 11) is -4.67. The first-order valence-electron chi connectivity index (χ1n) is 9.16. The molecule has 1 heterocycles. The van der Waals surface area contributed by atoms with Crippen molar-refractivity contribution < 1.29 is 26.8 Å². The van der Waals surface area contributed by atoms with Gasteiger partial charge in [-0.2, -0.15) is 8.78 Å². The van der Waals surface area contributed by atoms with Crippen LogP contribution in [0.1, 0.15) is 30.1 Å². The number of carbonyl (C=O) groups is 2. The average Bonchev–Trinajstić information content (AvgIpc) is 2.68. The molecule has 1 saturated heterocycles. The summed E-state index contributed by atoms with van der Waals surface area (Å²) in [6, 6.07) is 4.52.